The fourth-order valence-electron chi connectivity index (χ4n) is 3.49. The Kier molecular flexibility index (Phi) is 6.43. The molecule has 0 N–H and O–H groups in total. The van der Waals surface area contributed by atoms with Crippen molar-refractivity contribution in [2.45, 2.75) is 12.7 Å². The summed E-state index contributed by atoms with van der Waals surface area (Å²) in [6.07, 6.45) is -3.75. The van der Waals surface area contributed by atoms with Crippen LogP contribution in [-0.4, -0.2) is 51.7 Å². The number of aromatic nitrogens is 2. The molecule has 3 aromatic rings. The quantitative estimate of drug-likeness (QED) is 0.455. The summed E-state index contributed by atoms with van der Waals surface area (Å²) in [5, 5.41) is 4.26. The lowest BCUT2D eigenvalue weighted by atomic mass is 10.1. The lowest BCUT2D eigenvalue weighted by Crippen LogP contribution is -2.48. The number of hydrogen-bond acceptors (Lipinski definition) is 4. The summed E-state index contributed by atoms with van der Waals surface area (Å²) in [5.74, 6) is -0.661. The summed E-state index contributed by atoms with van der Waals surface area (Å²) >= 11 is 10.9. The first-order valence-electron chi connectivity index (χ1n) is 9.39. The second-order valence-corrected chi connectivity index (χ2v) is 10.1. The molecule has 1 aliphatic heterocycles. The van der Waals surface area contributed by atoms with Gasteiger partial charge in [0.05, 0.1) is 21.2 Å². The van der Waals surface area contributed by atoms with Crippen LogP contribution in [0.25, 0.3) is 5.69 Å². The molecule has 0 aliphatic carbocycles. The van der Waals surface area contributed by atoms with Crippen LogP contribution in [0.5, 0.6) is 0 Å². The van der Waals surface area contributed by atoms with Crippen LogP contribution in [-0.2, 0) is 12.7 Å². The maximum Gasteiger partial charge on any atom is 0.434 e. The van der Waals surface area contributed by atoms with Gasteiger partial charge in [0, 0.05) is 42.6 Å². The monoisotopic (exact) mass is 532 g/mol. The highest BCUT2D eigenvalue weighted by Gasteiger charge is 2.41. The Hall–Kier alpha value is -1.88. The lowest BCUT2D eigenvalue weighted by molar-refractivity contribution is -0.143. The van der Waals surface area contributed by atoms with E-state index in [9.17, 15) is 18.0 Å². The van der Waals surface area contributed by atoms with E-state index >= 15 is 0 Å². The Bertz CT molecular complexity index is 1080. The maximum atomic E-state index is 13.9. The molecule has 11 heteroatoms. The number of thiophene rings is 1. The number of hydrogen-bond donors (Lipinski definition) is 0. The van der Waals surface area contributed by atoms with Gasteiger partial charge < -0.3 is 4.90 Å². The molecular formula is C20H17BrClF3N4OS. The van der Waals surface area contributed by atoms with E-state index < -0.39 is 23.3 Å². The number of benzene rings is 1. The van der Waals surface area contributed by atoms with Gasteiger partial charge in [-0.1, -0.05) is 11.6 Å². The Morgan fingerprint density at radius 2 is 1.77 bits per heavy atom. The van der Waals surface area contributed by atoms with Crippen molar-refractivity contribution in [3.8, 4) is 5.69 Å². The minimum atomic E-state index is -4.74. The Balaban J connectivity index is 1.51. The van der Waals surface area contributed by atoms with Gasteiger partial charge in [-0.05, 0) is 52.3 Å². The summed E-state index contributed by atoms with van der Waals surface area (Å²) < 4.78 is 43.4. The smallest absolute Gasteiger partial charge is 0.336 e. The topological polar surface area (TPSA) is 41.4 Å². The van der Waals surface area contributed by atoms with Gasteiger partial charge in [0.15, 0.2) is 5.69 Å². The number of piperazine rings is 1. The van der Waals surface area contributed by atoms with Gasteiger partial charge >= 0.3 is 6.18 Å². The van der Waals surface area contributed by atoms with E-state index in [2.05, 4.69) is 25.9 Å². The van der Waals surface area contributed by atoms with Crippen LogP contribution in [0.3, 0.4) is 0 Å². The average Bonchev–Trinajstić information content (AvgIpc) is 3.35. The number of alkyl halides is 3. The highest BCUT2D eigenvalue weighted by Crippen LogP contribution is 2.34. The Morgan fingerprint density at radius 3 is 2.35 bits per heavy atom. The van der Waals surface area contributed by atoms with E-state index in [1.54, 1.807) is 11.3 Å². The van der Waals surface area contributed by atoms with E-state index in [-0.39, 0.29) is 5.69 Å². The van der Waals surface area contributed by atoms with Crippen molar-refractivity contribution >= 4 is 44.8 Å². The number of amides is 1. The number of nitrogens with zero attached hydrogens (tertiary/aromatic N) is 4. The van der Waals surface area contributed by atoms with Gasteiger partial charge in [-0.15, -0.1) is 11.3 Å². The van der Waals surface area contributed by atoms with Crippen LogP contribution < -0.4 is 0 Å². The van der Waals surface area contributed by atoms with Crippen molar-refractivity contribution < 1.29 is 18.0 Å². The Morgan fingerprint density at radius 1 is 1.10 bits per heavy atom. The first kappa shape index (κ1) is 22.3. The number of halogens is 5. The molecule has 1 aliphatic rings. The first-order chi connectivity index (χ1) is 14.7. The maximum absolute atomic E-state index is 13.9. The van der Waals surface area contributed by atoms with E-state index in [0.29, 0.717) is 31.2 Å². The van der Waals surface area contributed by atoms with Gasteiger partial charge in [-0.3, -0.25) is 9.69 Å². The van der Waals surface area contributed by atoms with Crippen molar-refractivity contribution in [2.24, 2.45) is 0 Å². The molecule has 31 heavy (non-hydrogen) atoms. The zero-order chi connectivity index (χ0) is 22.2. The van der Waals surface area contributed by atoms with E-state index in [1.165, 1.54) is 34.0 Å². The molecule has 2 aromatic heterocycles. The molecule has 1 fully saturated rings. The molecule has 5 nitrogen and oxygen atoms in total. The van der Waals surface area contributed by atoms with Crippen LogP contribution >= 0.6 is 38.9 Å². The molecule has 1 saturated heterocycles. The minimum absolute atomic E-state index is 0.183. The summed E-state index contributed by atoms with van der Waals surface area (Å²) in [7, 11) is 0. The molecule has 0 spiro atoms. The van der Waals surface area contributed by atoms with Crippen LogP contribution in [0, 0.1) is 0 Å². The zero-order valence-electron chi connectivity index (χ0n) is 16.1. The molecule has 4 rings (SSSR count). The Labute approximate surface area is 194 Å². The zero-order valence-corrected chi connectivity index (χ0v) is 19.2. The summed E-state index contributed by atoms with van der Waals surface area (Å²) in [5.41, 5.74) is -1.34. The molecule has 0 saturated carbocycles. The molecule has 0 radical (unpaired) electrons. The average molecular weight is 534 g/mol. The fraction of sp³-hybridized carbons (Fsp3) is 0.300. The summed E-state index contributed by atoms with van der Waals surface area (Å²) in [4.78, 5) is 17.8. The van der Waals surface area contributed by atoms with Crippen molar-refractivity contribution in [1.29, 1.82) is 0 Å². The standard InChI is InChI=1S/C20H17BrClF3N4OS/c21-17-6-5-15(31-17)12-27-7-9-28(10-8-27)19(30)16-11-26-29(18(16)20(23,24)25)14-3-1-13(22)2-4-14/h1-6,11H,7-10,12H2. The second-order valence-electron chi connectivity index (χ2n) is 7.07. The van der Waals surface area contributed by atoms with Gasteiger partial charge in [-0.2, -0.15) is 18.3 Å². The second kappa shape index (κ2) is 8.93. The SMILES string of the molecule is O=C(c1cnn(-c2ccc(Cl)cc2)c1C(F)(F)F)N1CCN(Cc2ccc(Br)s2)CC1. The molecular weight excluding hydrogens is 517 g/mol. The van der Waals surface area contributed by atoms with Gasteiger partial charge in [0.1, 0.15) is 0 Å². The van der Waals surface area contributed by atoms with Crippen LogP contribution in [0.2, 0.25) is 5.02 Å². The summed E-state index contributed by atoms with van der Waals surface area (Å²) in [6.45, 7) is 2.64. The van der Waals surface area contributed by atoms with E-state index in [4.69, 9.17) is 11.6 Å². The number of carbonyl (C=O) groups excluding carboxylic acids is 1. The molecule has 0 bridgehead atoms. The highest BCUT2D eigenvalue weighted by atomic mass is 79.9. The molecule has 3 heterocycles. The highest BCUT2D eigenvalue weighted by molar-refractivity contribution is 9.11. The minimum Gasteiger partial charge on any atom is -0.336 e. The van der Waals surface area contributed by atoms with Crippen molar-refractivity contribution in [1.82, 2.24) is 19.6 Å². The third-order valence-electron chi connectivity index (χ3n) is 5.01. The predicted octanol–water partition coefficient (Wildman–Crippen LogP) is 5.33. The first-order valence-corrected chi connectivity index (χ1v) is 11.4. The lowest BCUT2D eigenvalue weighted by Gasteiger charge is -2.34. The number of carbonyl (C=O) groups is 1. The van der Waals surface area contributed by atoms with Crippen molar-refractivity contribution in [2.75, 3.05) is 26.2 Å². The molecule has 1 amide bonds. The van der Waals surface area contributed by atoms with Gasteiger partial charge in [0.25, 0.3) is 5.91 Å². The molecule has 164 valence electrons. The van der Waals surface area contributed by atoms with Crippen LogP contribution in [0.1, 0.15) is 20.9 Å². The molecule has 0 unspecified atom stereocenters. The molecule has 1 aromatic carbocycles. The van der Waals surface area contributed by atoms with E-state index in [0.717, 1.165) is 21.2 Å². The largest absolute Gasteiger partial charge is 0.434 e. The predicted molar refractivity (Wildman–Crippen MR) is 117 cm³/mol. The number of rotatable bonds is 4. The molecule has 0 atom stereocenters. The van der Waals surface area contributed by atoms with Gasteiger partial charge in [-0.25, -0.2) is 4.68 Å². The van der Waals surface area contributed by atoms with Crippen molar-refractivity contribution in [3.63, 3.8) is 0 Å². The fourth-order valence-corrected chi connectivity index (χ4v) is 5.14. The summed E-state index contributed by atoms with van der Waals surface area (Å²) in [6, 6.07) is 9.84. The normalized spacial score (nSPS) is 15.5. The van der Waals surface area contributed by atoms with Crippen LogP contribution in [0.4, 0.5) is 13.2 Å². The third kappa shape index (κ3) is 4.97. The van der Waals surface area contributed by atoms with Gasteiger partial charge in [0.2, 0.25) is 0 Å². The third-order valence-corrected chi connectivity index (χ3v) is 6.87. The van der Waals surface area contributed by atoms with Crippen molar-refractivity contribution in [3.05, 3.63) is 67.5 Å². The van der Waals surface area contributed by atoms with E-state index in [1.807, 2.05) is 12.1 Å². The van der Waals surface area contributed by atoms with Crippen LogP contribution in [0.15, 0.2) is 46.4 Å².